The molecule has 96 valence electrons. The second kappa shape index (κ2) is 6.33. The van der Waals surface area contributed by atoms with Gasteiger partial charge in [-0.05, 0) is 19.9 Å². The van der Waals surface area contributed by atoms with Gasteiger partial charge in [-0.1, -0.05) is 6.92 Å². The molecule has 0 bridgehead atoms. The van der Waals surface area contributed by atoms with Crippen LogP contribution in [0.2, 0.25) is 0 Å². The summed E-state index contributed by atoms with van der Waals surface area (Å²) in [5.41, 5.74) is 1.17. The number of morpholine rings is 1. The van der Waals surface area contributed by atoms with Gasteiger partial charge in [0.1, 0.15) is 0 Å². The summed E-state index contributed by atoms with van der Waals surface area (Å²) in [4.78, 5) is 8.35. The summed E-state index contributed by atoms with van der Waals surface area (Å²) in [6, 6.07) is 0. The number of hydrogen-bond donors (Lipinski definition) is 1. The quantitative estimate of drug-likeness (QED) is 0.814. The van der Waals surface area contributed by atoms with Crippen molar-refractivity contribution >= 4 is 16.5 Å². The zero-order valence-corrected chi connectivity index (χ0v) is 11.5. The van der Waals surface area contributed by atoms with Gasteiger partial charge < -0.3 is 15.0 Å². The molecule has 17 heavy (non-hydrogen) atoms. The fraction of sp³-hybridized carbons (Fsp3) is 0.750. The third-order valence-electron chi connectivity index (χ3n) is 2.88. The second-order valence-electron chi connectivity index (χ2n) is 4.28. The third-order valence-corrected chi connectivity index (χ3v) is 4.09. The van der Waals surface area contributed by atoms with Crippen LogP contribution in [0.4, 0.5) is 5.13 Å². The maximum absolute atomic E-state index is 5.36. The number of nitrogens with one attached hydrogen (secondary N) is 1. The first-order chi connectivity index (χ1) is 8.31. The molecule has 1 saturated heterocycles. The summed E-state index contributed by atoms with van der Waals surface area (Å²) in [6.45, 7) is 9.88. The number of ether oxygens (including phenoxy) is 1. The number of aromatic nitrogens is 1. The molecule has 1 aromatic heterocycles. The van der Waals surface area contributed by atoms with E-state index in [-0.39, 0.29) is 0 Å². The van der Waals surface area contributed by atoms with Gasteiger partial charge in [-0.15, -0.1) is 11.3 Å². The molecule has 1 aromatic rings. The summed E-state index contributed by atoms with van der Waals surface area (Å²) < 4.78 is 5.36. The van der Waals surface area contributed by atoms with E-state index in [0.29, 0.717) is 0 Å². The molecule has 1 aliphatic heterocycles. The Hall–Kier alpha value is -0.650. The Labute approximate surface area is 107 Å². The Kier molecular flexibility index (Phi) is 4.76. The minimum Gasteiger partial charge on any atom is -0.378 e. The van der Waals surface area contributed by atoms with Gasteiger partial charge in [0, 0.05) is 24.5 Å². The zero-order valence-electron chi connectivity index (χ0n) is 10.7. The summed E-state index contributed by atoms with van der Waals surface area (Å²) in [5, 5.41) is 4.59. The molecule has 0 atom stereocenters. The molecule has 1 N–H and O–H groups in total. The minimum atomic E-state index is 0.821. The Balaban J connectivity index is 1.96. The molecule has 1 fully saturated rings. The molecule has 0 amide bonds. The van der Waals surface area contributed by atoms with Crippen molar-refractivity contribution in [3.63, 3.8) is 0 Å². The number of rotatable bonds is 5. The normalized spacial score (nSPS) is 16.5. The van der Waals surface area contributed by atoms with Crippen LogP contribution in [0.1, 0.15) is 23.9 Å². The van der Waals surface area contributed by atoms with E-state index in [4.69, 9.17) is 4.74 Å². The predicted octanol–water partition coefficient (Wildman–Crippen LogP) is 1.79. The van der Waals surface area contributed by atoms with Gasteiger partial charge in [-0.25, -0.2) is 4.98 Å². The van der Waals surface area contributed by atoms with Crippen LogP contribution in [0.3, 0.4) is 0 Å². The van der Waals surface area contributed by atoms with Crippen LogP contribution in [-0.4, -0.2) is 37.8 Å². The first kappa shape index (κ1) is 12.8. The lowest BCUT2D eigenvalue weighted by Crippen LogP contribution is -2.36. The topological polar surface area (TPSA) is 37.4 Å². The number of thiazole rings is 1. The van der Waals surface area contributed by atoms with Crippen molar-refractivity contribution < 1.29 is 4.74 Å². The number of anilines is 1. The Morgan fingerprint density at radius 3 is 2.88 bits per heavy atom. The number of nitrogens with zero attached hydrogens (tertiary/aromatic N) is 2. The van der Waals surface area contributed by atoms with Crippen LogP contribution in [0.15, 0.2) is 0 Å². The van der Waals surface area contributed by atoms with Crippen molar-refractivity contribution in [1.82, 2.24) is 10.3 Å². The van der Waals surface area contributed by atoms with Gasteiger partial charge >= 0.3 is 0 Å². The lowest BCUT2D eigenvalue weighted by molar-refractivity contribution is 0.122. The van der Waals surface area contributed by atoms with Crippen molar-refractivity contribution in [2.75, 3.05) is 37.7 Å². The first-order valence-corrected chi connectivity index (χ1v) is 7.12. The van der Waals surface area contributed by atoms with Gasteiger partial charge in [0.15, 0.2) is 5.13 Å². The molecule has 0 saturated carbocycles. The van der Waals surface area contributed by atoms with E-state index < -0.39 is 0 Å². The molecule has 2 heterocycles. The van der Waals surface area contributed by atoms with Crippen molar-refractivity contribution in [3.05, 3.63) is 10.6 Å². The number of hydrogen-bond acceptors (Lipinski definition) is 5. The maximum Gasteiger partial charge on any atom is 0.185 e. The molecular formula is C12H21N3OS. The maximum atomic E-state index is 5.36. The van der Waals surface area contributed by atoms with E-state index in [1.54, 1.807) is 0 Å². The van der Waals surface area contributed by atoms with E-state index in [9.17, 15) is 0 Å². The molecule has 0 unspecified atom stereocenters. The Morgan fingerprint density at radius 2 is 2.18 bits per heavy atom. The second-order valence-corrected chi connectivity index (χ2v) is 5.34. The van der Waals surface area contributed by atoms with E-state index in [2.05, 4.69) is 29.0 Å². The van der Waals surface area contributed by atoms with Crippen LogP contribution in [0.5, 0.6) is 0 Å². The molecule has 0 aliphatic carbocycles. The molecule has 2 rings (SSSR count). The van der Waals surface area contributed by atoms with Gasteiger partial charge in [-0.2, -0.15) is 0 Å². The van der Waals surface area contributed by atoms with Crippen LogP contribution in [-0.2, 0) is 11.3 Å². The monoisotopic (exact) mass is 255 g/mol. The van der Waals surface area contributed by atoms with E-state index in [1.165, 1.54) is 17.0 Å². The SMILES string of the molecule is CCCNCc1sc(N2CCOCC2)nc1C. The zero-order chi connectivity index (χ0) is 12.1. The highest BCUT2D eigenvalue weighted by atomic mass is 32.1. The fourth-order valence-electron chi connectivity index (χ4n) is 1.85. The summed E-state index contributed by atoms with van der Waals surface area (Å²) in [5.74, 6) is 0. The third kappa shape index (κ3) is 3.40. The summed E-state index contributed by atoms with van der Waals surface area (Å²) in [7, 11) is 0. The van der Waals surface area contributed by atoms with E-state index >= 15 is 0 Å². The van der Waals surface area contributed by atoms with Crippen molar-refractivity contribution in [3.8, 4) is 0 Å². The van der Waals surface area contributed by atoms with Crippen molar-refractivity contribution in [1.29, 1.82) is 0 Å². The highest BCUT2D eigenvalue weighted by molar-refractivity contribution is 7.15. The molecular weight excluding hydrogens is 234 g/mol. The molecule has 0 radical (unpaired) electrons. The predicted molar refractivity (Wildman–Crippen MR) is 71.9 cm³/mol. The highest BCUT2D eigenvalue weighted by Gasteiger charge is 2.16. The van der Waals surface area contributed by atoms with Gasteiger partial charge in [0.25, 0.3) is 0 Å². The van der Waals surface area contributed by atoms with Crippen molar-refractivity contribution in [2.45, 2.75) is 26.8 Å². The fourth-order valence-corrected chi connectivity index (χ4v) is 2.93. The van der Waals surface area contributed by atoms with Gasteiger partial charge in [-0.3, -0.25) is 0 Å². The van der Waals surface area contributed by atoms with Crippen molar-refractivity contribution in [2.24, 2.45) is 0 Å². The highest BCUT2D eigenvalue weighted by Crippen LogP contribution is 2.26. The number of aryl methyl sites for hydroxylation is 1. The molecule has 0 spiro atoms. The van der Waals surface area contributed by atoms with Crippen LogP contribution in [0.25, 0.3) is 0 Å². The smallest absolute Gasteiger partial charge is 0.185 e. The van der Waals surface area contributed by atoms with Crippen LogP contribution >= 0.6 is 11.3 Å². The van der Waals surface area contributed by atoms with E-state index in [1.807, 2.05) is 11.3 Å². The van der Waals surface area contributed by atoms with Gasteiger partial charge in [0.2, 0.25) is 0 Å². The molecule has 5 heteroatoms. The minimum absolute atomic E-state index is 0.821. The summed E-state index contributed by atoms with van der Waals surface area (Å²) >= 11 is 1.81. The lowest BCUT2D eigenvalue weighted by Gasteiger charge is -2.26. The largest absolute Gasteiger partial charge is 0.378 e. The Bertz CT molecular complexity index is 348. The standard InChI is InChI=1S/C12H21N3OS/c1-3-4-13-9-11-10(2)14-12(17-11)15-5-7-16-8-6-15/h13H,3-9H2,1-2H3. The average molecular weight is 255 g/mol. The first-order valence-electron chi connectivity index (χ1n) is 6.31. The summed E-state index contributed by atoms with van der Waals surface area (Å²) in [6.07, 6.45) is 1.17. The van der Waals surface area contributed by atoms with Crippen LogP contribution < -0.4 is 10.2 Å². The van der Waals surface area contributed by atoms with Crippen LogP contribution in [0, 0.1) is 6.92 Å². The molecule has 1 aliphatic rings. The molecule has 0 aromatic carbocycles. The molecule has 4 nitrogen and oxygen atoms in total. The van der Waals surface area contributed by atoms with E-state index in [0.717, 1.165) is 44.5 Å². The average Bonchev–Trinajstić information content (AvgIpc) is 2.73. The Morgan fingerprint density at radius 1 is 1.41 bits per heavy atom. The lowest BCUT2D eigenvalue weighted by atomic mass is 10.4. The van der Waals surface area contributed by atoms with Gasteiger partial charge in [0.05, 0.1) is 18.9 Å².